The van der Waals surface area contributed by atoms with Gasteiger partial charge >= 0.3 is 0 Å². The summed E-state index contributed by atoms with van der Waals surface area (Å²) in [6.07, 6.45) is 3.29. The number of pyridine rings is 1. The van der Waals surface area contributed by atoms with Crippen LogP contribution in [0.4, 0.5) is 5.82 Å². The van der Waals surface area contributed by atoms with E-state index in [1.807, 2.05) is 24.3 Å². The van der Waals surface area contributed by atoms with Crippen LogP contribution in [0.15, 0.2) is 24.3 Å². The topological polar surface area (TPSA) is 102 Å². The van der Waals surface area contributed by atoms with E-state index < -0.39 is 0 Å². The van der Waals surface area contributed by atoms with Crippen molar-refractivity contribution in [2.75, 3.05) is 39.1 Å². The number of nitrogens with zero attached hydrogens (tertiary/aromatic N) is 3. The van der Waals surface area contributed by atoms with Crippen molar-refractivity contribution in [3.63, 3.8) is 0 Å². The Morgan fingerprint density at radius 2 is 1.76 bits per heavy atom. The first kappa shape index (κ1) is 22.6. The second-order valence-corrected chi connectivity index (χ2v) is 7.34. The van der Waals surface area contributed by atoms with Crippen LogP contribution < -0.4 is 5.73 Å². The summed E-state index contributed by atoms with van der Waals surface area (Å²) in [6.45, 7) is 6.17. The third-order valence-electron chi connectivity index (χ3n) is 4.76. The van der Waals surface area contributed by atoms with Gasteiger partial charge in [-0.1, -0.05) is 49.8 Å². The van der Waals surface area contributed by atoms with Crippen molar-refractivity contribution in [1.82, 2.24) is 9.88 Å². The summed E-state index contributed by atoms with van der Waals surface area (Å²) in [5.74, 6) is 0.191. The van der Waals surface area contributed by atoms with Crippen molar-refractivity contribution < 1.29 is 4.74 Å². The van der Waals surface area contributed by atoms with Crippen LogP contribution in [-0.2, 0) is 11.2 Å². The van der Waals surface area contributed by atoms with Crippen molar-refractivity contribution >= 4 is 18.0 Å². The van der Waals surface area contributed by atoms with E-state index >= 15 is 0 Å². The number of ether oxygens (including phenoxy) is 1. The summed E-state index contributed by atoms with van der Waals surface area (Å²) in [5, 5.41) is 18.7. The average molecular weight is 410 g/mol. The van der Waals surface area contributed by atoms with Crippen molar-refractivity contribution in [2.45, 2.75) is 26.2 Å². The largest absolute Gasteiger partial charge is 0.384 e. The molecule has 1 aliphatic rings. The van der Waals surface area contributed by atoms with E-state index in [1.165, 1.54) is 5.56 Å². The molecule has 2 heterocycles. The lowest BCUT2D eigenvalue weighted by Crippen LogP contribution is -2.32. The molecule has 152 valence electrons. The summed E-state index contributed by atoms with van der Waals surface area (Å²) < 4.78 is 5.35. The Hall–Kier alpha value is -2.71. The van der Waals surface area contributed by atoms with Crippen LogP contribution in [0.2, 0.25) is 0 Å². The first-order valence-corrected chi connectivity index (χ1v) is 10.1. The molecule has 3 rings (SSSR count). The van der Waals surface area contributed by atoms with Crippen LogP contribution in [0.25, 0.3) is 11.1 Å². The van der Waals surface area contributed by atoms with Crippen molar-refractivity contribution in [3.05, 3.63) is 45.6 Å². The molecule has 1 saturated heterocycles. The lowest BCUT2D eigenvalue weighted by Gasteiger charge is -2.21. The van der Waals surface area contributed by atoms with Gasteiger partial charge in [0.1, 0.15) is 28.2 Å². The molecule has 2 aromatic rings. The molecule has 1 fully saturated rings. The Kier molecular flexibility index (Phi) is 8.82. The number of H-pyrrole nitrogens is 1. The smallest absolute Gasteiger partial charge is 0.123 e. The van der Waals surface area contributed by atoms with Crippen LogP contribution in [-0.4, -0.2) is 43.2 Å². The standard InChI is InChI=1S/C17H16N4S.C5H11NO/c1-2-3-4-11-5-7-12(8-6-11)15-13(9-18)16(20)21-17(22)14(15)10-19;1-6-2-4-7-5-3-6/h5-8H,2-4H2,1H3,(H3,20,21,22);2-5H2,1H3. The monoisotopic (exact) mass is 409 g/mol. The summed E-state index contributed by atoms with van der Waals surface area (Å²) in [5.41, 5.74) is 8.89. The van der Waals surface area contributed by atoms with Crippen LogP contribution in [0.3, 0.4) is 0 Å². The number of morpholine rings is 1. The Labute approximate surface area is 177 Å². The van der Waals surface area contributed by atoms with Crippen molar-refractivity contribution in [1.29, 1.82) is 10.5 Å². The minimum atomic E-state index is 0.191. The first-order chi connectivity index (χ1) is 14.0. The molecular formula is C22H27N5OS. The van der Waals surface area contributed by atoms with Crippen molar-refractivity contribution in [3.8, 4) is 23.3 Å². The molecule has 6 nitrogen and oxygen atoms in total. The number of benzene rings is 1. The molecule has 1 aromatic heterocycles. The number of aromatic amines is 1. The van der Waals surface area contributed by atoms with Crippen LogP contribution in [0.1, 0.15) is 36.5 Å². The molecule has 0 spiro atoms. The predicted octanol–water partition coefficient (Wildman–Crippen LogP) is 4.03. The zero-order valence-electron chi connectivity index (χ0n) is 17.0. The van der Waals surface area contributed by atoms with Crippen LogP contribution in [0.5, 0.6) is 0 Å². The van der Waals surface area contributed by atoms with Crippen LogP contribution in [0, 0.1) is 27.3 Å². The molecule has 1 aromatic carbocycles. The molecule has 29 heavy (non-hydrogen) atoms. The highest BCUT2D eigenvalue weighted by atomic mass is 32.1. The molecule has 0 aliphatic carbocycles. The number of anilines is 1. The predicted molar refractivity (Wildman–Crippen MR) is 118 cm³/mol. The Balaban J connectivity index is 0.000000360. The minimum absolute atomic E-state index is 0.191. The van der Waals surface area contributed by atoms with E-state index in [0.29, 0.717) is 5.56 Å². The van der Waals surface area contributed by atoms with E-state index in [9.17, 15) is 10.5 Å². The number of nitrogen functional groups attached to an aromatic ring is 1. The fourth-order valence-electron chi connectivity index (χ4n) is 3.01. The van der Waals surface area contributed by atoms with Gasteiger partial charge in [-0.3, -0.25) is 0 Å². The third-order valence-corrected chi connectivity index (χ3v) is 5.07. The highest BCUT2D eigenvalue weighted by Gasteiger charge is 2.16. The normalized spacial score (nSPS) is 13.7. The fraction of sp³-hybridized carbons (Fsp3) is 0.409. The van der Waals surface area contributed by atoms with E-state index in [4.69, 9.17) is 22.7 Å². The zero-order valence-corrected chi connectivity index (χ0v) is 17.8. The van der Waals surface area contributed by atoms with Gasteiger partial charge in [0.2, 0.25) is 0 Å². The number of hydrogen-bond donors (Lipinski definition) is 2. The Bertz CT molecular complexity index is 947. The molecule has 7 heteroatoms. The van der Waals surface area contributed by atoms with E-state index in [2.05, 4.69) is 36.0 Å². The maximum Gasteiger partial charge on any atom is 0.123 e. The zero-order chi connectivity index (χ0) is 21.2. The fourth-order valence-corrected chi connectivity index (χ4v) is 3.26. The maximum atomic E-state index is 9.36. The SMILES string of the molecule is CCCCc1ccc(-c2c(C#N)c(N)[nH]c(=S)c2C#N)cc1.CN1CCOCC1. The van der Waals surface area contributed by atoms with Gasteiger partial charge < -0.3 is 20.4 Å². The number of nitrogens with two attached hydrogens (primary N) is 1. The van der Waals surface area contributed by atoms with Crippen molar-refractivity contribution in [2.24, 2.45) is 0 Å². The number of likely N-dealkylation sites (N-methyl/N-ethyl adjacent to an activating group) is 1. The molecule has 1 aliphatic heterocycles. The summed E-state index contributed by atoms with van der Waals surface area (Å²) in [7, 11) is 2.11. The molecule has 3 N–H and O–H groups in total. The molecule has 0 atom stereocenters. The van der Waals surface area contributed by atoms with Gasteiger partial charge in [-0.15, -0.1) is 0 Å². The number of rotatable bonds is 4. The molecule has 0 unspecified atom stereocenters. The summed E-state index contributed by atoms with van der Waals surface area (Å²) >= 11 is 5.15. The number of hydrogen-bond acceptors (Lipinski definition) is 6. The van der Waals surface area contributed by atoms with Gasteiger partial charge in [0.15, 0.2) is 0 Å². The van der Waals surface area contributed by atoms with E-state index in [1.54, 1.807) is 0 Å². The number of aryl methyl sites for hydroxylation is 1. The summed E-state index contributed by atoms with van der Waals surface area (Å²) in [4.78, 5) is 4.97. The maximum absolute atomic E-state index is 9.36. The Morgan fingerprint density at radius 3 is 2.24 bits per heavy atom. The third kappa shape index (κ3) is 6.13. The highest BCUT2D eigenvalue weighted by molar-refractivity contribution is 7.71. The van der Waals surface area contributed by atoms with Gasteiger partial charge in [-0.25, -0.2) is 0 Å². The lowest BCUT2D eigenvalue weighted by atomic mass is 9.95. The number of aromatic nitrogens is 1. The lowest BCUT2D eigenvalue weighted by molar-refractivity contribution is 0.0503. The molecule has 0 radical (unpaired) electrons. The van der Waals surface area contributed by atoms with Gasteiger partial charge in [0.05, 0.1) is 18.8 Å². The molecule has 0 bridgehead atoms. The average Bonchev–Trinajstić information content (AvgIpc) is 2.73. The second kappa shape index (κ2) is 11.3. The number of unbranched alkanes of at least 4 members (excludes halogenated alkanes) is 1. The van der Waals surface area contributed by atoms with E-state index in [-0.39, 0.29) is 21.6 Å². The number of nitrogens with one attached hydrogen (secondary N) is 1. The molecule has 0 saturated carbocycles. The minimum Gasteiger partial charge on any atom is -0.384 e. The molecular weight excluding hydrogens is 382 g/mol. The number of nitriles is 2. The second-order valence-electron chi connectivity index (χ2n) is 6.93. The van der Waals surface area contributed by atoms with Gasteiger partial charge in [-0.05, 0) is 31.0 Å². The van der Waals surface area contributed by atoms with Crippen LogP contribution >= 0.6 is 12.2 Å². The Morgan fingerprint density at radius 1 is 1.14 bits per heavy atom. The molecule has 0 amide bonds. The van der Waals surface area contributed by atoms with Gasteiger partial charge in [0, 0.05) is 18.7 Å². The van der Waals surface area contributed by atoms with Gasteiger partial charge in [0.25, 0.3) is 0 Å². The first-order valence-electron chi connectivity index (χ1n) is 9.73. The van der Waals surface area contributed by atoms with E-state index in [0.717, 1.165) is 51.1 Å². The summed E-state index contributed by atoms with van der Waals surface area (Å²) in [6, 6.07) is 12.0. The highest BCUT2D eigenvalue weighted by Crippen LogP contribution is 2.30. The quantitative estimate of drug-likeness (QED) is 0.739. The van der Waals surface area contributed by atoms with Gasteiger partial charge in [-0.2, -0.15) is 10.5 Å².